The van der Waals surface area contributed by atoms with Crippen LogP contribution >= 0.6 is 0 Å². The summed E-state index contributed by atoms with van der Waals surface area (Å²) in [6.45, 7) is 9.30. The lowest BCUT2D eigenvalue weighted by molar-refractivity contribution is -0.192. The van der Waals surface area contributed by atoms with Gasteiger partial charge in [-0.2, -0.15) is 13.2 Å². The number of rotatable bonds is 3. The number of benzene rings is 1. The predicted octanol–water partition coefficient (Wildman–Crippen LogP) is 3.91. The molecule has 1 atom stereocenters. The molecule has 4 rings (SSSR count). The van der Waals surface area contributed by atoms with Crippen LogP contribution in [0.4, 0.5) is 13.2 Å². The standard InChI is InChI=1S/C20H25N3O.C2HF3O2/c1-15(2)11-23-9-8-20(13-23)14-24-12-17-10-21-19(22-18(17)20)16-6-4-3-5-7-16;3-2(4,5)1(6)7/h3-7,10,15H,8-9,11-14H2,1-2H3;(H,6,7). The zero-order chi connectivity index (χ0) is 22.6. The van der Waals surface area contributed by atoms with E-state index in [2.05, 4.69) is 35.9 Å². The van der Waals surface area contributed by atoms with Crippen LogP contribution in [-0.2, 0) is 21.6 Å². The Labute approximate surface area is 179 Å². The molecule has 0 aliphatic carbocycles. The fourth-order valence-corrected chi connectivity index (χ4v) is 4.06. The number of aliphatic carboxylic acids is 1. The van der Waals surface area contributed by atoms with Crippen LogP contribution in [0.3, 0.4) is 0 Å². The van der Waals surface area contributed by atoms with Crippen LogP contribution in [0.2, 0.25) is 0 Å². The number of likely N-dealkylation sites (tertiary alicyclic amines) is 1. The minimum absolute atomic E-state index is 0.0367. The van der Waals surface area contributed by atoms with Crippen LogP contribution in [0.5, 0.6) is 0 Å². The number of carbonyl (C=O) groups is 1. The quantitative estimate of drug-likeness (QED) is 0.785. The van der Waals surface area contributed by atoms with E-state index >= 15 is 0 Å². The van der Waals surface area contributed by atoms with E-state index in [0.29, 0.717) is 12.5 Å². The molecule has 2 aromatic rings. The molecule has 0 saturated carbocycles. The number of alkyl halides is 3. The smallest absolute Gasteiger partial charge is 0.475 e. The molecule has 0 bridgehead atoms. The van der Waals surface area contributed by atoms with Crippen molar-refractivity contribution in [2.45, 2.75) is 38.5 Å². The molecule has 1 fully saturated rings. The summed E-state index contributed by atoms with van der Waals surface area (Å²) >= 11 is 0. The van der Waals surface area contributed by atoms with Crippen molar-refractivity contribution < 1.29 is 27.8 Å². The molecular weight excluding hydrogens is 411 g/mol. The molecule has 2 aliphatic rings. The maximum Gasteiger partial charge on any atom is 0.490 e. The summed E-state index contributed by atoms with van der Waals surface area (Å²) in [6.07, 6.45) is -1.99. The number of carboxylic acids is 1. The first-order valence-corrected chi connectivity index (χ1v) is 10.1. The van der Waals surface area contributed by atoms with Gasteiger partial charge < -0.3 is 14.7 Å². The number of nitrogens with zero attached hydrogens (tertiary/aromatic N) is 3. The molecule has 1 saturated heterocycles. The van der Waals surface area contributed by atoms with E-state index in [0.717, 1.165) is 49.6 Å². The van der Waals surface area contributed by atoms with Crippen LogP contribution in [-0.4, -0.2) is 58.4 Å². The molecule has 1 unspecified atom stereocenters. The fourth-order valence-electron chi connectivity index (χ4n) is 4.06. The van der Waals surface area contributed by atoms with Gasteiger partial charge in [0.05, 0.1) is 24.3 Å². The zero-order valence-electron chi connectivity index (χ0n) is 17.5. The van der Waals surface area contributed by atoms with Crippen LogP contribution in [0.1, 0.15) is 31.5 Å². The van der Waals surface area contributed by atoms with E-state index in [1.807, 2.05) is 24.4 Å². The maximum atomic E-state index is 10.6. The summed E-state index contributed by atoms with van der Waals surface area (Å²) < 4.78 is 37.7. The Hall–Kier alpha value is -2.52. The maximum absolute atomic E-state index is 10.6. The van der Waals surface area contributed by atoms with Gasteiger partial charge in [-0.1, -0.05) is 44.2 Å². The second-order valence-electron chi connectivity index (χ2n) is 8.39. The van der Waals surface area contributed by atoms with Crippen molar-refractivity contribution in [1.29, 1.82) is 0 Å². The molecule has 0 amide bonds. The van der Waals surface area contributed by atoms with Crippen molar-refractivity contribution in [2.24, 2.45) is 5.92 Å². The fraction of sp³-hybridized carbons (Fsp3) is 0.500. The summed E-state index contributed by atoms with van der Waals surface area (Å²) in [7, 11) is 0. The molecule has 168 valence electrons. The minimum Gasteiger partial charge on any atom is -0.475 e. The van der Waals surface area contributed by atoms with Crippen molar-refractivity contribution in [3.63, 3.8) is 0 Å². The lowest BCUT2D eigenvalue weighted by Gasteiger charge is -2.34. The van der Waals surface area contributed by atoms with Gasteiger partial charge in [0.25, 0.3) is 0 Å². The van der Waals surface area contributed by atoms with Gasteiger partial charge in [-0.3, -0.25) is 0 Å². The normalized spacial score (nSPS) is 21.0. The third-order valence-corrected chi connectivity index (χ3v) is 5.33. The topological polar surface area (TPSA) is 75.5 Å². The summed E-state index contributed by atoms with van der Waals surface area (Å²) in [5, 5.41) is 7.12. The molecule has 6 nitrogen and oxygen atoms in total. The molecule has 31 heavy (non-hydrogen) atoms. The van der Waals surface area contributed by atoms with Gasteiger partial charge in [0.2, 0.25) is 0 Å². The highest BCUT2D eigenvalue weighted by molar-refractivity contribution is 5.73. The average Bonchev–Trinajstić information content (AvgIpc) is 3.11. The molecule has 1 spiro atoms. The van der Waals surface area contributed by atoms with E-state index in [1.54, 1.807) is 0 Å². The van der Waals surface area contributed by atoms with Crippen molar-refractivity contribution in [3.05, 3.63) is 47.8 Å². The number of fused-ring (bicyclic) bond motifs is 2. The summed E-state index contributed by atoms with van der Waals surface area (Å²) in [6, 6.07) is 10.3. The minimum atomic E-state index is -5.08. The average molecular weight is 437 g/mol. The summed E-state index contributed by atoms with van der Waals surface area (Å²) in [4.78, 5) is 21.1. The second kappa shape index (κ2) is 9.32. The molecule has 2 aliphatic heterocycles. The molecular formula is C22H26F3N3O3. The van der Waals surface area contributed by atoms with Crippen LogP contribution < -0.4 is 0 Å². The Morgan fingerprint density at radius 2 is 1.97 bits per heavy atom. The van der Waals surface area contributed by atoms with Crippen LogP contribution in [0, 0.1) is 5.92 Å². The van der Waals surface area contributed by atoms with Gasteiger partial charge in [0, 0.05) is 30.4 Å². The highest BCUT2D eigenvalue weighted by Gasteiger charge is 2.45. The van der Waals surface area contributed by atoms with Crippen LogP contribution in [0.15, 0.2) is 36.5 Å². The summed E-state index contributed by atoms with van der Waals surface area (Å²) in [5.74, 6) is -1.24. The predicted molar refractivity (Wildman–Crippen MR) is 108 cm³/mol. The van der Waals surface area contributed by atoms with Crippen molar-refractivity contribution in [3.8, 4) is 11.4 Å². The van der Waals surface area contributed by atoms with Gasteiger partial charge in [0.1, 0.15) is 0 Å². The third-order valence-electron chi connectivity index (χ3n) is 5.33. The monoisotopic (exact) mass is 437 g/mol. The number of hydrogen-bond acceptors (Lipinski definition) is 5. The van der Waals surface area contributed by atoms with Gasteiger partial charge in [-0.25, -0.2) is 14.8 Å². The molecule has 1 aromatic heterocycles. The first-order chi connectivity index (χ1) is 14.6. The van der Waals surface area contributed by atoms with E-state index in [1.165, 1.54) is 5.69 Å². The number of ether oxygens (including phenoxy) is 1. The lowest BCUT2D eigenvalue weighted by Crippen LogP contribution is -2.41. The lowest BCUT2D eigenvalue weighted by atomic mass is 9.80. The molecule has 1 N–H and O–H groups in total. The Morgan fingerprint density at radius 1 is 1.29 bits per heavy atom. The summed E-state index contributed by atoms with van der Waals surface area (Å²) in [5.41, 5.74) is 3.50. The first kappa shape index (κ1) is 23.1. The van der Waals surface area contributed by atoms with Gasteiger partial charge in [0.15, 0.2) is 5.82 Å². The number of carboxylic acid groups (broad SMARTS) is 1. The number of aromatic nitrogens is 2. The van der Waals surface area contributed by atoms with Gasteiger partial charge in [-0.05, 0) is 18.9 Å². The highest BCUT2D eigenvalue weighted by atomic mass is 19.4. The van der Waals surface area contributed by atoms with E-state index in [9.17, 15) is 13.2 Å². The molecule has 0 radical (unpaired) electrons. The van der Waals surface area contributed by atoms with E-state index < -0.39 is 12.1 Å². The number of hydrogen-bond donors (Lipinski definition) is 1. The largest absolute Gasteiger partial charge is 0.490 e. The third kappa shape index (κ3) is 5.59. The Bertz CT molecular complexity index is 906. The Morgan fingerprint density at radius 3 is 2.58 bits per heavy atom. The zero-order valence-corrected chi connectivity index (χ0v) is 17.5. The molecule has 1 aromatic carbocycles. The van der Waals surface area contributed by atoms with Crippen LogP contribution in [0.25, 0.3) is 11.4 Å². The Balaban J connectivity index is 0.000000339. The van der Waals surface area contributed by atoms with Crippen molar-refractivity contribution >= 4 is 5.97 Å². The van der Waals surface area contributed by atoms with Gasteiger partial charge >= 0.3 is 12.1 Å². The van der Waals surface area contributed by atoms with Gasteiger partial charge in [-0.15, -0.1) is 0 Å². The van der Waals surface area contributed by atoms with Crippen molar-refractivity contribution in [1.82, 2.24) is 14.9 Å². The Kier molecular flexibility index (Phi) is 6.96. The van der Waals surface area contributed by atoms with E-state index in [4.69, 9.17) is 19.6 Å². The number of halogens is 3. The first-order valence-electron chi connectivity index (χ1n) is 10.1. The second-order valence-corrected chi connectivity index (χ2v) is 8.39. The molecule has 9 heteroatoms. The SMILES string of the molecule is CC(C)CN1CCC2(COCc3cnc(-c4ccccc4)nc32)C1.O=C(O)C(F)(F)F. The van der Waals surface area contributed by atoms with Crippen molar-refractivity contribution in [2.75, 3.05) is 26.2 Å². The highest BCUT2D eigenvalue weighted by Crippen LogP contribution is 2.39. The molecule has 3 heterocycles. The van der Waals surface area contributed by atoms with E-state index in [-0.39, 0.29) is 5.41 Å².